The van der Waals surface area contributed by atoms with Crippen molar-refractivity contribution in [3.8, 4) is 5.75 Å². The highest BCUT2D eigenvalue weighted by molar-refractivity contribution is 6.23. The Balaban J connectivity index is 1.86. The molecule has 2 aromatic carbocycles. The lowest BCUT2D eigenvalue weighted by atomic mass is 10.2. The summed E-state index contributed by atoms with van der Waals surface area (Å²) in [5.41, 5.74) is 0.607. The van der Waals surface area contributed by atoms with Gasteiger partial charge in [-0.3, -0.25) is 9.59 Å². The number of amides is 2. The summed E-state index contributed by atoms with van der Waals surface area (Å²) in [5.74, 6) is -0.768. The van der Waals surface area contributed by atoms with Crippen molar-refractivity contribution in [1.29, 1.82) is 0 Å². The number of carbonyl (C=O) groups excluding carboxylic acids is 2. The second-order valence-corrected chi connectivity index (χ2v) is 5.35. The fraction of sp³-hybridized carbons (Fsp3) is 0.222. The van der Waals surface area contributed by atoms with Crippen molar-refractivity contribution in [2.45, 2.75) is 19.4 Å². The monoisotopic (exact) mass is 328 g/mol. The average Bonchev–Trinajstić information content (AvgIpc) is 2.85. The Hall–Kier alpha value is -2.89. The summed E-state index contributed by atoms with van der Waals surface area (Å²) < 4.78 is 19.3. The van der Waals surface area contributed by atoms with Gasteiger partial charge in [-0.15, -0.1) is 0 Å². The molecule has 1 aliphatic heterocycles. The molecular formula is C18H17FN2O3. The van der Waals surface area contributed by atoms with E-state index in [1.54, 1.807) is 36.4 Å². The Labute approximate surface area is 139 Å². The number of ether oxygens (including phenoxy) is 1. The van der Waals surface area contributed by atoms with Gasteiger partial charge in [-0.1, -0.05) is 24.3 Å². The highest BCUT2D eigenvalue weighted by Gasteiger charge is 2.40. The summed E-state index contributed by atoms with van der Waals surface area (Å²) in [7, 11) is 0. The Kier molecular flexibility index (Phi) is 4.46. The molecule has 2 amide bonds. The summed E-state index contributed by atoms with van der Waals surface area (Å²) in [5, 5.41) is 2.81. The van der Waals surface area contributed by atoms with Gasteiger partial charge in [0.2, 0.25) is 5.91 Å². The van der Waals surface area contributed by atoms with Crippen molar-refractivity contribution < 1.29 is 18.7 Å². The molecule has 1 aliphatic rings. The average molecular weight is 328 g/mol. The molecular weight excluding hydrogens is 311 g/mol. The van der Waals surface area contributed by atoms with E-state index in [-0.39, 0.29) is 18.0 Å². The van der Waals surface area contributed by atoms with E-state index in [1.165, 1.54) is 12.1 Å². The number of anilines is 2. The van der Waals surface area contributed by atoms with Gasteiger partial charge in [0, 0.05) is 0 Å². The van der Waals surface area contributed by atoms with Crippen molar-refractivity contribution >= 4 is 23.2 Å². The third-order valence-corrected chi connectivity index (χ3v) is 3.76. The molecule has 0 bridgehead atoms. The van der Waals surface area contributed by atoms with E-state index >= 15 is 0 Å². The van der Waals surface area contributed by atoms with Gasteiger partial charge in [-0.25, -0.2) is 9.29 Å². The predicted octanol–water partition coefficient (Wildman–Crippen LogP) is 2.97. The predicted molar refractivity (Wildman–Crippen MR) is 88.5 cm³/mol. The zero-order chi connectivity index (χ0) is 17.1. The molecule has 1 saturated heterocycles. The topological polar surface area (TPSA) is 58.6 Å². The summed E-state index contributed by atoms with van der Waals surface area (Å²) >= 11 is 0. The van der Waals surface area contributed by atoms with Crippen LogP contribution in [0.2, 0.25) is 0 Å². The van der Waals surface area contributed by atoms with Crippen LogP contribution in [0.3, 0.4) is 0 Å². The molecule has 5 nitrogen and oxygen atoms in total. The molecule has 1 N–H and O–H groups in total. The molecule has 6 heteroatoms. The van der Waals surface area contributed by atoms with E-state index in [0.717, 1.165) is 4.90 Å². The number of hydrogen-bond donors (Lipinski definition) is 1. The van der Waals surface area contributed by atoms with Crippen LogP contribution in [-0.2, 0) is 9.59 Å². The molecule has 1 atom stereocenters. The van der Waals surface area contributed by atoms with E-state index in [0.29, 0.717) is 18.0 Å². The van der Waals surface area contributed by atoms with Gasteiger partial charge in [0.1, 0.15) is 17.6 Å². The first-order chi connectivity index (χ1) is 11.6. The second kappa shape index (κ2) is 6.70. The fourth-order valence-electron chi connectivity index (χ4n) is 2.68. The Bertz CT molecular complexity index is 778. The first-order valence-electron chi connectivity index (χ1n) is 7.71. The number of halogens is 1. The van der Waals surface area contributed by atoms with Crippen molar-refractivity contribution in [3.63, 3.8) is 0 Å². The molecule has 0 unspecified atom stereocenters. The number of hydrogen-bond acceptors (Lipinski definition) is 4. The quantitative estimate of drug-likeness (QED) is 0.857. The number of rotatable bonds is 5. The van der Waals surface area contributed by atoms with Gasteiger partial charge in [-0.05, 0) is 31.2 Å². The van der Waals surface area contributed by atoms with Gasteiger partial charge >= 0.3 is 0 Å². The summed E-state index contributed by atoms with van der Waals surface area (Å²) in [6, 6.07) is 12.1. The zero-order valence-corrected chi connectivity index (χ0v) is 13.2. The lowest BCUT2D eigenvalue weighted by Gasteiger charge is -2.19. The van der Waals surface area contributed by atoms with E-state index in [1.807, 2.05) is 6.92 Å². The standard InChI is InChI=1S/C18H17FN2O3/c1-2-24-16-10-6-5-9-15(16)21-17(22)11-14(18(21)23)20-13-8-4-3-7-12(13)19/h3-10,14,20H,2,11H2,1H3/t14-/m0/s1. The number of nitrogens with zero attached hydrogens (tertiary/aromatic N) is 1. The summed E-state index contributed by atoms with van der Waals surface area (Å²) in [4.78, 5) is 26.1. The largest absolute Gasteiger partial charge is 0.492 e. The van der Waals surface area contributed by atoms with Crippen LogP contribution in [0.4, 0.5) is 15.8 Å². The maximum atomic E-state index is 13.8. The smallest absolute Gasteiger partial charge is 0.256 e. The molecule has 0 aromatic heterocycles. The zero-order valence-electron chi connectivity index (χ0n) is 13.2. The molecule has 0 saturated carbocycles. The Morgan fingerprint density at radius 1 is 1.17 bits per heavy atom. The van der Waals surface area contributed by atoms with Gasteiger partial charge < -0.3 is 10.1 Å². The van der Waals surface area contributed by atoms with Crippen LogP contribution >= 0.6 is 0 Å². The molecule has 3 rings (SSSR count). The SMILES string of the molecule is CCOc1ccccc1N1C(=O)C[C@H](Nc2ccccc2F)C1=O. The maximum absolute atomic E-state index is 13.8. The molecule has 1 heterocycles. The Morgan fingerprint density at radius 2 is 1.88 bits per heavy atom. The second-order valence-electron chi connectivity index (χ2n) is 5.35. The van der Waals surface area contributed by atoms with Crippen molar-refractivity contribution in [3.05, 3.63) is 54.3 Å². The van der Waals surface area contributed by atoms with Crippen LogP contribution in [0.25, 0.3) is 0 Å². The molecule has 0 aliphatic carbocycles. The third kappa shape index (κ3) is 2.95. The van der Waals surface area contributed by atoms with E-state index < -0.39 is 17.8 Å². The van der Waals surface area contributed by atoms with Crippen molar-refractivity contribution in [1.82, 2.24) is 0 Å². The van der Waals surface area contributed by atoms with Crippen LogP contribution in [0.5, 0.6) is 5.75 Å². The number of nitrogens with one attached hydrogen (secondary N) is 1. The van der Waals surface area contributed by atoms with Gasteiger partial charge in [0.15, 0.2) is 0 Å². The highest BCUT2D eigenvalue weighted by Crippen LogP contribution is 2.33. The van der Waals surface area contributed by atoms with E-state index in [9.17, 15) is 14.0 Å². The van der Waals surface area contributed by atoms with Crippen LogP contribution in [-0.4, -0.2) is 24.5 Å². The fourth-order valence-corrected chi connectivity index (χ4v) is 2.68. The van der Waals surface area contributed by atoms with Crippen LogP contribution < -0.4 is 15.0 Å². The first-order valence-corrected chi connectivity index (χ1v) is 7.71. The van der Waals surface area contributed by atoms with Gasteiger partial charge in [-0.2, -0.15) is 0 Å². The minimum absolute atomic E-state index is 0.0341. The highest BCUT2D eigenvalue weighted by atomic mass is 19.1. The Morgan fingerprint density at radius 3 is 2.62 bits per heavy atom. The van der Waals surface area contributed by atoms with Crippen LogP contribution in [0.15, 0.2) is 48.5 Å². The van der Waals surface area contributed by atoms with Crippen LogP contribution in [0, 0.1) is 5.82 Å². The summed E-state index contributed by atoms with van der Waals surface area (Å²) in [6.45, 7) is 2.25. The number of benzene rings is 2. The molecule has 1 fully saturated rings. The van der Waals surface area contributed by atoms with Gasteiger partial charge in [0.25, 0.3) is 5.91 Å². The molecule has 24 heavy (non-hydrogen) atoms. The maximum Gasteiger partial charge on any atom is 0.256 e. The van der Waals surface area contributed by atoms with Gasteiger partial charge in [0.05, 0.1) is 24.4 Å². The van der Waals surface area contributed by atoms with Crippen LogP contribution in [0.1, 0.15) is 13.3 Å². The lowest BCUT2D eigenvalue weighted by Crippen LogP contribution is -2.35. The van der Waals surface area contributed by atoms with Crippen molar-refractivity contribution in [2.75, 3.05) is 16.8 Å². The number of carbonyl (C=O) groups is 2. The third-order valence-electron chi connectivity index (χ3n) is 3.76. The van der Waals surface area contributed by atoms with E-state index in [4.69, 9.17) is 4.74 Å². The molecule has 0 spiro atoms. The minimum atomic E-state index is -0.802. The molecule has 2 aromatic rings. The summed E-state index contributed by atoms with van der Waals surface area (Å²) in [6.07, 6.45) is -0.0341. The van der Waals surface area contributed by atoms with E-state index in [2.05, 4.69) is 5.32 Å². The van der Waals surface area contributed by atoms with Crippen molar-refractivity contribution in [2.24, 2.45) is 0 Å². The molecule has 0 radical (unpaired) electrons. The number of para-hydroxylation sites is 3. The normalized spacial score (nSPS) is 17.2. The molecule has 124 valence electrons. The number of imide groups is 1. The lowest BCUT2D eigenvalue weighted by molar-refractivity contribution is -0.121. The minimum Gasteiger partial charge on any atom is -0.492 e. The first kappa shape index (κ1) is 16.0.